The summed E-state index contributed by atoms with van der Waals surface area (Å²) in [5.41, 5.74) is 6.92. The fraction of sp³-hybridized carbons (Fsp3) is 0.471. The molecule has 112 valence electrons. The standard InChI is InChI=1S/C17H22N2OS/c1-21-16-7-3-2-6-15(16)19-17(20)14-10-8-13(9-11-14)5-4-12-18/h8-11,15-16H,2-3,6-7,12,18H2,1H3,(H,19,20). The average Bonchev–Trinajstić information content (AvgIpc) is 2.54. The molecule has 0 aliphatic heterocycles. The molecule has 1 saturated carbocycles. The number of thioether (sulfide) groups is 1. The first-order chi connectivity index (χ1) is 10.2. The van der Waals surface area contributed by atoms with E-state index in [1.54, 1.807) is 0 Å². The van der Waals surface area contributed by atoms with E-state index in [2.05, 4.69) is 23.4 Å². The first-order valence-corrected chi connectivity index (χ1v) is 8.66. The molecule has 0 heterocycles. The number of amides is 1. The van der Waals surface area contributed by atoms with Gasteiger partial charge in [-0.1, -0.05) is 24.7 Å². The molecule has 0 spiro atoms. The molecule has 0 saturated heterocycles. The van der Waals surface area contributed by atoms with Crippen LogP contribution >= 0.6 is 11.8 Å². The third kappa shape index (κ3) is 4.52. The maximum Gasteiger partial charge on any atom is 0.251 e. The van der Waals surface area contributed by atoms with Gasteiger partial charge in [0.1, 0.15) is 0 Å². The van der Waals surface area contributed by atoms with Crippen LogP contribution in [0.2, 0.25) is 0 Å². The van der Waals surface area contributed by atoms with Crippen molar-refractivity contribution in [2.24, 2.45) is 5.73 Å². The fourth-order valence-electron chi connectivity index (χ4n) is 2.65. The molecule has 3 nitrogen and oxygen atoms in total. The Labute approximate surface area is 131 Å². The third-order valence-corrected chi connectivity index (χ3v) is 4.97. The van der Waals surface area contributed by atoms with E-state index in [0.717, 1.165) is 12.0 Å². The summed E-state index contributed by atoms with van der Waals surface area (Å²) in [4.78, 5) is 12.3. The van der Waals surface area contributed by atoms with Crippen molar-refractivity contribution in [3.63, 3.8) is 0 Å². The topological polar surface area (TPSA) is 55.1 Å². The zero-order chi connectivity index (χ0) is 15.1. The molecule has 3 N–H and O–H groups in total. The van der Waals surface area contributed by atoms with Crippen LogP contribution in [0.3, 0.4) is 0 Å². The van der Waals surface area contributed by atoms with Crippen LogP contribution < -0.4 is 11.1 Å². The van der Waals surface area contributed by atoms with Gasteiger partial charge in [-0.15, -0.1) is 0 Å². The van der Waals surface area contributed by atoms with E-state index < -0.39 is 0 Å². The molecule has 0 aromatic heterocycles. The second-order valence-electron chi connectivity index (χ2n) is 5.22. The summed E-state index contributed by atoms with van der Waals surface area (Å²) in [5.74, 6) is 5.78. The fourth-order valence-corrected chi connectivity index (χ4v) is 3.59. The van der Waals surface area contributed by atoms with Gasteiger partial charge in [0.2, 0.25) is 0 Å². The van der Waals surface area contributed by atoms with Crippen LogP contribution in [-0.4, -0.2) is 30.0 Å². The van der Waals surface area contributed by atoms with E-state index in [0.29, 0.717) is 17.4 Å². The summed E-state index contributed by atoms with van der Waals surface area (Å²) in [7, 11) is 0. The Kier molecular flexibility index (Phi) is 6.16. The molecule has 2 atom stereocenters. The minimum Gasteiger partial charge on any atom is -0.348 e. The second-order valence-corrected chi connectivity index (χ2v) is 6.30. The largest absolute Gasteiger partial charge is 0.348 e. The molecule has 1 aliphatic rings. The maximum absolute atomic E-state index is 12.3. The number of benzene rings is 1. The highest BCUT2D eigenvalue weighted by atomic mass is 32.2. The minimum absolute atomic E-state index is 0.0132. The van der Waals surface area contributed by atoms with E-state index in [1.165, 1.54) is 19.3 Å². The van der Waals surface area contributed by atoms with Crippen LogP contribution in [0.5, 0.6) is 0 Å². The first-order valence-electron chi connectivity index (χ1n) is 7.37. The van der Waals surface area contributed by atoms with E-state index in [1.807, 2.05) is 36.0 Å². The van der Waals surface area contributed by atoms with Crippen molar-refractivity contribution in [2.45, 2.75) is 37.0 Å². The van der Waals surface area contributed by atoms with E-state index >= 15 is 0 Å². The summed E-state index contributed by atoms with van der Waals surface area (Å²) < 4.78 is 0. The van der Waals surface area contributed by atoms with Crippen molar-refractivity contribution in [1.29, 1.82) is 0 Å². The number of carbonyl (C=O) groups excluding carboxylic acids is 1. The Balaban J connectivity index is 1.99. The summed E-state index contributed by atoms with van der Waals surface area (Å²) >= 11 is 1.86. The summed E-state index contributed by atoms with van der Waals surface area (Å²) in [6.07, 6.45) is 6.87. The smallest absolute Gasteiger partial charge is 0.251 e. The SMILES string of the molecule is CSC1CCCCC1NC(=O)c1ccc(C#CCN)cc1. The average molecular weight is 302 g/mol. The van der Waals surface area contributed by atoms with E-state index in [4.69, 9.17) is 5.73 Å². The predicted molar refractivity (Wildman–Crippen MR) is 89.4 cm³/mol. The molecule has 1 aromatic rings. The lowest BCUT2D eigenvalue weighted by Crippen LogP contribution is -2.43. The van der Waals surface area contributed by atoms with Crippen LogP contribution in [0.15, 0.2) is 24.3 Å². The Bertz CT molecular complexity index is 530. The van der Waals surface area contributed by atoms with Crippen molar-refractivity contribution >= 4 is 17.7 Å². The Morgan fingerprint density at radius 3 is 2.71 bits per heavy atom. The van der Waals surface area contributed by atoms with Gasteiger partial charge in [-0.2, -0.15) is 11.8 Å². The molecule has 1 aromatic carbocycles. The molecule has 4 heteroatoms. The normalized spacial score (nSPS) is 21.2. The Hall–Kier alpha value is -1.44. The zero-order valence-corrected chi connectivity index (χ0v) is 13.2. The van der Waals surface area contributed by atoms with Crippen LogP contribution in [0.25, 0.3) is 0 Å². The molecular formula is C17H22N2OS. The van der Waals surface area contributed by atoms with Gasteiger partial charge < -0.3 is 11.1 Å². The summed E-state index contributed by atoms with van der Waals surface area (Å²) in [6.45, 7) is 0.347. The van der Waals surface area contributed by atoms with Crippen molar-refractivity contribution < 1.29 is 4.79 Å². The van der Waals surface area contributed by atoms with Crippen LogP contribution in [-0.2, 0) is 0 Å². The number of hydrogen-bond acceptors (Lipinski definition) is 3. The zero-order valence-electron chi connectivity index (χ0n) is 12.4. The number of nitrogens with one attached hydrogen (secondary N) is 1. The highest BCUT2D eigenvalue weighted by Gasteiger charge is 2.25. The van der Waals surface area contributed by atoms with Gasteiger partial charge in [-0.25, -0.2) is 0 Å². The quantitative estimate of drug-likeness (QED) is 0.843. The van der Waals surface area contributed by atoms with Crippen LogP contribution in [0.4, 0.5) is 0 Å². The number of rotatable bonds is 3. The van der Waals surface area contributed by atoms with Gasteiger partial charge in [-0.05, 0) is 43.4 Å². The minimum atomic E-state index is 0.0132. The van der Waals surface area contributed by atoms with Gasteiger partial charge in [0, 0.05) is 22.4 Å². The molecule has 0 bridgehead atoms. The Morgan fingerprint density at radius 2 is 2.05 bits per heavy atom. The molecule has 21 heavy (non-hydrogen) atoms. The molecule has 1 aliphatic carbocycles. The summed E-state index contributed by atoms with van der Waals surface area (Å²) in [6, 6.07) is 7.67. The molecule has 2 rings (SSSR count). The summed E-state index contributed by atoms with van der Waals surface area (Å²) in [5, 5.41) is 3.72. The maximum atomic E-state index is 12.3. The lowest BCUT2D eigenvalue weighted by Gasteiger charge is -2.30. The van der Waals surface area contributed by atoms with Gasteiger partial charge in [0.25, 0.3) is 5.91 Å². The monoisotopic (exact) mass is 302 g/mol. The van der Waals surface area contributed by atoms with Crippen molar-refractivity contribution in [3.05, 3.63) is 35.4 Å². The third-order valence-electron chi connectivity index (χ3n) is 3.80. The first kappa shape index (κ1) is 15.9. The number of nitrogens with two attached hydrogens (primary N) is 1. The molecule has 0 radical (unpaired) electrons. The predicted octanol–water partition coefficient (Wildman–Crippen LogP) is 2.40. The highest BCUT2D eigenvalue weighted by Crippen LogP contribution is 2.27. The van der Waals surface area contributed by atoms with Crippen LogP contribution in [0, 0.1) is 11.8 Å². The highest BCUT2D eigenvalue weighted by molar-refractivity contribution is 7.99. The lowest BCUT2D eigenvalue weighted by atomic mass is 9.94. The molecule has 1 fully saturated rings. The molecule has 2 unspecified atom stereocenters. The van der Waals surface area contributed by atoms with Crippen molar-refractivity contribution in [1.82, 2.24) is 5.32 Å². The van der Waals surface area contributed by atoms with Crippen LogP contribution in [0.1, 0.15) is 41.6 Å². The van der Waals surface area contributed by atoms with Crippen molar-refractivity contribution in [3.8, 4) is 11.8 Å². The van der Waals surface area contributed by atoms with E-state index in [9.17, 15) is 4.79 Å². The number of hydrogen-bond donors (Lipinski definition) is 2. The van der Waals surface area contributed by atoms with Crippen molar-refractivity contribution in [2.75, 3.05) is 12.8 Å². The number of carbonyl (C=O) groups is 1. The second kappa shape index (κ2) is 8.11. The molecule has 1 amide bonds. The van der Waals surface area contributed by atoms with E-state index in [-0.39, 0.29) is 11.9 Å². The molecular weight excluding hydrogens is 280 g/mol. The van der Waals surface area contributed by atoms with Gasteiger partial charge in [0.05, 0.1) is 6.54 Å². The van der Waals surface area contributed by atoms with Gasteiger partial charge in [0.15, 0.2) is 0 Å². The lowest BCUT2D eigenvalue weighted by molar-refractivity contribution is 0.0929. The Morgan fingerprint density at radius 1 is 1.33 bits per heavy atom. The van der Waals surface area contributed by atoms with Gasteiger partial charge >= 0.3 is 0 Å². The van der Waals surface area contributed by atoms with Gasteiger partial charge in [-0.3, -0.25) is 4.79 Å².